The Labute approximate surface area is 117 Å². The topological polar surface area (TPSA) is 0 Å². The molecule has 0 bridgehead atoms. The summed E-state index contributed by atoms with van der Waals surface area (Å²) in [6.45, 7) is 4.62. The van der Waals surface area contributed by atoms with E-state index in [4.69, 9.17) is 11.6 Å². The zero-order valence-electron chi connectivity index (χ0n) is 11.7. The van der Waals surface area contributed by atoms with Gasteiger partial charge in [-0.3, -0.25) is 0 Å². The summed E-state index contributed by atoms with van der Waals surface area (Å²) in [5.74, 6) is 1.52. The number of alkyl halides is 1. The lowest BCUT2D eigenvalue weighted by molar-refractivity contribution is 0.329. The smallest absolute Gasteiger partial charge is 0.0616 e. The second-order valence-electron chi connectivity index (χ2n) is 5.67. The SMILES string of the molecule is CCC(CC)CC1CCCc2ccccc2C1Cl. The Bertz CT molecular complexity index is 368. The van der Waals surface area contributed by atoms with Crippen molar-refractivity contribution in [3.05, 3.63) is 35.4 Å². The van der Waals surface area contributed by atoms with E-state index in [9.17, 15) is 0 Å². The number of halogens is 1. The highest BCUT2D eigenvalue weighted by molar-refractivity contribution is 6.21. The van der Waals surface area contributed by atoms with E-state index in [1.807, 2.05) is 0 Å². The molecule has 0 saturated carbocycles. The third-order valence-corrected chi connectivity index (χ3v) is 5.17. The summed E-state index contributed by atoms with van der Waals surface area (Å²) < 4.78 is 0. The van der Waals surface area contributed by atoms with Crippen LogP contribution in [0.4, 0.5) is 0 Å². The van der Waals surface area contributed by atoms with Gasteiger partial charge >= 0.3 is 0 Å². The van der Waals surface area contributed by atoms with Gasteiger partial charge in [-0.05, 0) is 48.6 Å². The monoisotopic (exact) mass is 264 g/mol. The zero-order valence-corrected chi connectivity index (χ0v) is 12.4. The van der Waals surface area contributed by atoms with Crippen LogP contribution in [-0.4, -0.2) is 0 Å². The molecule has 0 nitrogen and oxygen atoms in total. The molecule has 0 aromatic heterocycles. The highest BCUT2D eigenvalue weighted by Crippen LogP contribution is 2.41. The van der Waals surface area contributed by atoms with E-state index in [0.717, 1.165) is 5.92 Å². The van der Waals surface area contributed by atoms with Gasteiger partial charge in [-0.2, -0.15) is 0 Å². The molecule has 100 valence electrons. The molecule has 0 fully saturated rings. The molecule has 2 unspecified atom stereocenters. The Morgan fingerprint density at radius 3 is 2.67 bits per heavy atom. The third-order valence-electron chi connectivity index (χ3n) is 4.58. The largest absolute Gasteiger partial charge is 0.118 e. The standard InChI is InChI=1S/C17H25Cl/c1-3-13(4-2)12-15-10-7-9-14-8-5-6-11-16(14)17(15)18/h5-6,8,11,13,15,17H,3-4,7,9-10,12H2,1-2H3. The quantitative estimate of drug-likeness (QED) is 0.480. The molecule has 1 aliphatic rings. The van der Waals surface area contributed by atoms with Gasteiger partial charge in [0.25, 0.3) is 0 Å². The van der Waals surface area contributed by atoms with E-state index in [1.54, 1.807) is 0 Å². The maximum atomic E-state index is 6.78. The van der Waals surface area contributed by atoms with E-state index in [1.165, 1.54) is 49.7 Å². The lowest BCUT2D eigenvalue weighted by Crippen LogP contribution is -2.12. The summed E-state index contributed by atoms with van der Waals surface area (Å²) in [6, 6.07) is 8.76. The minimum absolute atomic E-state index is 0.226. The van der Waals surface area contributed by atoms with Crippen LogP contribution in [0.15, 0.2) is 24.3 Å². The van der Waals surface area contributed by atoms with Crippen LogP contribution in [0.25, 0.3) is 0 Å². The summed E-state index contributed by atoms with van der Waals surface area (Å²) in [5, 5.41) is 0.226. The van der Waals surface area contributed by atoms with E-state index < -0.39 is 0 Å². The Morgan fingerprint density at radius 2 is 1.94 bits per heavy atom. The lowest BCUT2D eigenvalue weighted by Gasteiger charge is -2.25. The maximum Gasteiger partial charge on any atom is 0.0616 e. The Morgan fingerprint density at radius 1 is 1.22 bits per heavy atom. The van der Waals surface area contributed by atoms with Gasteiger partial charge in [0.2, 0.25) is 0 Å². The summed E-state index contributed by atoms with van der Waals surface area (Å²) in [7, 11) is 0. The number of hydrogen-bond acceptors (Lipinski definition) is 0. The number of rotatable bonds is 4. The normalized spacial score (nSPS) is 23.8. The molecule has 0 radical (unpaired) electrons. The minimum atomic E-state index is 0.226. The lowest BCUT2D eigenvalue weighted by atomic mass is 9.85. The first kappa shape index (κ1) is 13.9. The molecule has 0 N–H and O–H groups in total. The van der Waals surface area contributed by atoms with Gasteiger partial charge < -0.3 is 0 Å². The van der Waals surface area contributed by atoms with Crippen LogP contribution in [0.3, 0.4) is 0 Å². The fraction of sp³-hybridized carbons (Fsp3) is 0.647. The predicted octanol–water partition coefficient (Wildman–Crippen LogP) is 5.75. The molecule has 1 aromatic carbocycles. The van der Waals surface area contributed by atoms with Gasteiger partial charge in [0.05, 0.1) is 5.38 Å². The van der Waals surface area contributed by atoms with Crippen molar-refractivity contribution in [1.82, 2.24) is 0 Å². The van der Waals surface area contributed by atoms with Gasteiger partial charge in [-0.25, -0.2) is 0 Å². The van der Waals surface area contributed by atoms with E-state index in [2.05, 4.69) is 38.1 Å². The van der Waals surface area contributed by atoms with Crippen molar-refractivity contribution in [2.24, 2.45) is 11.8 Å². The van der Waals surface area contributed by atoms with Crippen LogP contribution in [0.2, 0.25) is 0 Å². The first-order valence-electron chi connectivity index (χ1n) is 7.48. The molecule has 18 heavy (non-hydrogen) atoms. The maximum absolute atomic E-state index is 6.78. The van der Waals surface area contributed by atoms with Crippen molar-refractivity contribution in [1.29, 1.82) is 0 Å². The van der Waals surface area contributed by atoms with Gasteiger partial charge in [0, 0.05) is 0 Å². The fourth-order valence-electron chi connectivity index (χ4n) is 3.27. The number of fused-ring (bicyclic) bond motifs is 1. The van der Waals surface area contributed by atoms with Crippen molar-refractivity contribution in [3.8, 4) is 0 Å². The first-order chi connectivity index (χ1) is 8.76. The molecule has 1 heteroatoms. The summed E-state index contributed by atoms with van der Waals surface area (Å²) in [5.41, 5.74) is 2.87. The van der Waals surface area contributed by atoms with E-state index in [-0.39, 0.29) is 5.38 Å². The van der Waals surface area contributed by atoms with Crippen LogP contribution in [-0.2, 0) is 6.42 Å². The Balaban J connectivity index is 2.14. The second-order valence-corrected chi connectivity index (χ2v) is 6.14. The van der Waals surface area contributed by atoms with E-state index in [0.29, 0.717) is 5.92 Å². The minimum Gasteiger partial charge on any atom is -0.118 e. The van der Waals surface area contributed by atoms with Gasteiger partial charge in [-0.15, -0.1) is 11.6 Å². The van der Waals surface area contributed by atoms with Crippen LogP contribution >= 0.6 is 11.6 Å². The molecule has 2 rings (SSSR count). The Hall–Kier alpha value is -0.490. The van der Waals surface area contributed by atoms with Crippen LogP contribution < -0.4 is 0 Å². The molecule has 0 amide bonds. The molecule has 1 aromatic rings. The molecule has 2 atom stereocenters. The van der Waals surface area contributed by atoms with Crippen molar-refractivity contribution >= 4 is 11.6 Å². The number of benzene rings is 1. The predicted molar refractivity (Wildman–Crippen MR) is 80.2 cm³/mol. The number of aryl methyl sites for hydroxylation is 1. The molecule has 0 heterocycles. The molecular formula is C17H25Cl. The first-order valence-corrected chi connectivity index (χ1v) is 7.91. The highest BCUT2D eigenvalue weighted by atomic mass is 35.5. The molecule has 0 aliphatic heterocycles. The third kappa shape index (κ3) is 3.09. The average molecular weight is 265 g/mol. The van der Waals surface area contributed by atoms with Crippen LogP contribution in [0.1, 0.15) is 62.5 Å². The van der Waals surface area contributed by atoms with Gasteiger partial charge in [0.15, 0.2) is 0 Å². The van der Waals surface area contributed by atoms with Crippen LogP contribution in [0.5, 0.6) is 0 Å². The summed E-state index contributed by atoms with van der Waals surface area (Å²) in [6.07, 6.45) is 7.68. The van der Waals surface area contributed by atoms with Crippen molar-refractivity contribution in [2.45, 2.75) is 57.7 Å². The van der Waals surface area contributed by atoms with Crippen LogP contribution in [0, 0.1) is 11.8 Å². The number of hydrogen-bond donors (Lipinski definition) is 0. The molecule has 0 spiro atoms. The highest BCUT2D eigenvalue weighted by Gasteiger charge is 2.27. The summed E-state index contributed by atoms with van der Waals surface area (Å²) >= 11 is 6.78. The van der Waals surface area contributed by atoms with Gasteiger partial charge in [-0.1, -0.05) is 51.0 Å². The van der Waals surface area contributed by atoms with E-state index >= 15 is 0 Å². The fourth-order valence-corrected chi connectivity index (χ4v) is 3.72. The van der Waals surface area contributed by atoms with Crippen molar-refractivity contribution in [3.63, 3.8) is 0 Å². The molecule has 0 saturated heterocycles. The summed E-state index contributed by atoms with van der Waals surface area (Å²) in [4.78, 5) is 0. The van der Waals surface area contributed by atoms with Crippen molar-refractivity contribution < 1.29 is 0 Å². The molecule has 1 aliphatic carbocycles. The molecular weight excluding hydrogens is 240 g/mol. The second kappa shape index (κ2) is 6.61. The van der Waals surface area contributed by atoms with Crippen molar-refractivity contribution in [2.75, 3.05) is 0 Å². The van der Waals surface area contributed by atoms with Gasteiger partial charge in [0.1, 0.15) is 0 Å². The average Bonchev–Trinajstić information content (AvgIpc) is 2.56. The zero-order chi connectivity index (χ0) is 13.0. The Kier molecular flexibility index (Phi) is 5.12.